The molecule has 2 N–H and O–H groups in total. The largest absolute Gasteiger partial charge is 0.350 e. The lowest BCUT2D eigenvalue weighted by molar-refractivity contribution is -0.121. The predicted octanol–water partition coefficient (Wildman–Crippen LogP) is 4.75. The average molecular weight is 395 g/mol. The molecule has 28 heavy (non-hydrogen) atoms. The molecular formula is C22H26N4OS. The number of hydrogen-bond acceptors (Lipinski definition) is 3. The molecule has 0 fully saturated rings. The Kier molecular flexibility index (Phi) is 6.41. The van der Waals surface area contributed by atoms with Crippen molar-refractivity contribution in [2.45, 2.75) is 46.2 Å². The van der Waals surface area contributed by atoms with Crippen LogP contribution in [0.5, 0.6) is 0 Å². The second kappa shape index (κ2) is 8.97. The summed E-state index contributed by atoms with van der Waals surface area (Å²) in [5.74, 6) is 0.742. The maximum atomic E-state index is 12.5. The Hall–Kier alpha value is -2.73. The fraction of sp³-hybridized carbons (Fsp3) is 0.318. The fourth-order valence-corrected chi connectivity index (χ4v) is 3.32. The molecule has 3 aromatic rings. The summed E-state index contributed by atoms with van der Waals surface area (Å²) in [5.41, 5.74) is 4.55. The molecule has 1 aromatic heterocycles. The van der Waals surface area contributed by atoms with E-state index in [4.69, 9.17) is 12.2 Å². The van der Waals surface area contributed by atoms with Gasteiger partial charge in [-0.3, -0.25) is 14.5 Å². The highest BCUT2D eigenvalue weighted by atomic mass is 32.1. The van der Waals surface area contributed by atoms with Gasteiger partial charge in [0.25, 0.3) is 0 Å². The molecule has 0 saturated heterocycles. The molecule has 146 valence electrons. The number of nitrogens with zero attached hydrogens (tertiary/aromatic N) is 2. The minimum absolute atomic E-state index is 0.00924. The van der Waals surface area contributed by atoms with E-state index < -0.39 is 0 Å². The molecule has 0 bridgehead atoms. The molecule has 3 rings (SSSR count). The summed E-state index contributed by atoms with van der Waals surface area (Å²) >= 11 is 5.35. The highest BCUT2D eigenvalue weighted by molar-refractivity contribution is 7.71. The van der Waals surface area contributed by atoms with Gasteiger partial charge in [-0.2, -0.15) is 5.10 Å². The van der Waals surface area contributed by atoms with Gasteiger partial charge in [-0.1, -0.05) is 61.0 Å². The molecule has 1 heterocycles. The molecule has 0 aliphatic carbocycles. The molecule has 0 spiro atoms. The van der Waals surface area contributed by atoms with E-state index in [2.05, 4.69) is 46.7 Å². The molecule has 0 aliphatic rings. The predicted molar refractivity (Wildman–Crippen MR) is 115 cm³/mol. The Morgan fingerprint density at radius 2 is 1.86 bits per heavy atom. The summed E-state index contributed by atoms with van der Waals surface area (Å²) in [5, 5.41) is 10.2. The van der Waals surface area contributed by atoms with Crippen molar-refractivity contribution in [3.63, 3.8) is 0 Å². The third kappa shape index (κ3) is 4.75. The first-order valence-electron chi connectivity index (χ1n) is 9.58. The van der Waals surface area contributed by atoms with Gasteiger partial charge in [-0.15, -0.1) is 0 Å². The van der Waals surface area contributed by atoms with Crippen LogP contribution in [0.4, 0.5) is 0 Å². The van der Waals surface area contributed by atoms with Gasteiger partial charge in [0.15, 0.2) is 10.6 Å². The summed E-state index contributed by atoms with van der Waals surface area (Å²) < 4.78 is 2.40. The second-order valence-corrected chi connectivity index (χ2v) is 7.39. The summed E-state index contributed by atoms with van der Waals surface area (Å²) in [6.07, 6.45) is 1.35. The van der Waals surface area contributed by atoms with Crippen LogP contribution in [0.3, 0.4) is 0 Å². The molecule has 0 saturated carbocycles. The number of aromatic amines is 1. The minimum Gasteiger partial charge on any atom is -0.350 e. The van der Waals surface area contributed by atoms with Crippen LogP contribution in [0.15, 0.2) is 48.5 Å². The number of hydrogen-bond donors (Lipinski definition) is 2. The van der Waals surface area contributed by atoms with Crippen LogP contribution in [0, 0.1) is 11.7 Å². The van der Waals surface area contributed by atoms with Gasteiger partial charge in [-0.05, 0) is 43.6 Å². The Balaban J connectivity index is 1.63. The normalized spacial score (nSPS) is 12.0. The average Bonchev–Trinajstić information content (AvgIpc) is 3.07. The van der Waals surface area contributed by atoms with Gasteiger partial charge >= 0.3 is 0 Å². The van der Waals surface area contributed by atoms with Gasteiger partial charge in [0, 0.05) is 18.5 Å². The summed E-state index contributed by atoms with van der Waals surface area (Å²) in [4.78, 5) is 12.5. The van der Waals surface area contributed by atoms with Crippen molar-refractivity contribution in [2.75, 3.05) is 0 Å². The first-order chi connectivity index (χ1) is 13.5. The number of aryl methyl sites for hydroxylation is 2. The Morgan fingerprint density at radius 1 is 1.18 bits per heavy atom. The van der Waals surface area contributed by atoms with E-state index in [-0.39, 0.29) is 11.9 Å². The lowest BCUT2D eigenvalue weighted by Gasteiger charge is -2.15. The Labute approximate surface area is 170 Å². The lowest BCUT2D eigenvalue weighted by Crippen LogP contribution is -2.27. The lowest BCUT2D eigenvalue weighted by atomic mass is 10.0. The zero-order valence-corrected chi connectivity index (χ0v) is 17.3. The summed E-state index contributed by atoms with van der Waals surface area (Å²) in [7, 11) is 0. The molecule has 0 aliphatic heterocycles. The summed E-state index contributed by atoms with van der Waals surface area (Å²) in [6.45, 7) is 6.65. The highest BCUT2D eigenvalue weighted by Gasteiger charge is 2.13. The summed E-state index contributed by atoms with van der Waals surface area (Å²) in [6, 6.07) is 16.4. The second-order valence-electron chi connectivity index (χ2n) is 7.00. The first kappa shape index (κ1) is 20.0. The number of carbonyl (C=O) groups is 1. The van der Waals surface area contributed by atoms with Crippen LogP contribution in [-0.2, 0) is 17.8 Å². The number of carbonyl (C=O) groups excluding carboxylic acids is 1. The molecule has 1 unspecified atom stereocenters. The number of amides is 1. The number of benzene rings is 2. The standard InChI is InChI=1S/C22H26N4OS/c1-4-17-7-11-18(12-8-17)16(3)23-20(27)13-14-26-21(24-25-22(26)28)19-9-5-15(2)6-10-19/h5-12,16H,4,13-14H2,1-3H3,(H,23,27)(H,25,28). The fourth-order valence-electron chi connectivity index (χ4n) is 3.10. The van der Waals surface area contributed by atoms with Crippen molar-refractivity contribution >= 4 is 18.1 Å². The maximum Gasteiger partial charge on any atom is 0.222 e. The van der Waals surface area contributed by atoms with E-state index >= 15 is 0 Å². The molecule has 6 heteroatoms. The van der Waals surface area contributed by atoms with Crippen molar-refractivity contribution in [3.05, 3.63) is 70.0 Å². The van der Waals surface area contributed by atoms with Crippen LogP contribution in [-0.4, -0.2) is 20.7 Å². The Bertz CT molecular complexity index is 987. The minimum atomic E-state index is -0.0349. The van der Waals surface area contributed by atoms with E-state index in [0.717, 1.165) is 23.4 Å². The number of H-pyrrole nitrogens is 1. The van der Waals surface area contributed by atoms with Gasteiger partial charge < -0.3 is 5.32 Å². The van der Waals surface area contributed by atoms with Crippen molar-refractivity contribution in [1.82, 2.24) is 20.1 Å². The van der Waals surface area contributed by atoms with E-state index in [1.54, 1.807) is 0 Å². The topological polar surface area (TPSA) is 62.7 Å². The number of nitrogens with one attached hydrogen (secondary N) is 2. The Morgan fingerprint density at radius 3 is 2.50 bits per heavy atom. The van der Waals surface area contributed by atoms with Crippen LogP contribution in [0.1, 0.15) is 43.0 Å². The van der Waals surface area contributed by atoms with Gasteiger partial charge in [0.2, 0.25) is 5.91 Å². The van der Waals surface area contributed by atoms with E-state index in [0.29, 0.717) is 17.7 Å². The quantitative estimate of drug-likeness (QED) is 0.569. The maximum absolute atomic E-state index is 12.5. The van der Waals surface area contributed by atoms with Gasteiger partial charge in [0.05, 0.1) is 6.04 Å². The molecule has 1 amide bonds. The van der Waals surface area contributed by atoms with Crippen molar-refractivity contribution < 1.29 is 4.79 Å². The van der Waals surface area contributed by atoms with Crippen molar-refractivity contribution in [2.24, 2.45) is 0 Å². The highest BCUT2D eigenvalue weighted by Crippen LogP contribution is 2.19. The molecule has 5 nitrogen and oxygen atoms in total. The number of aromatic nitrogens is 3. The van der Waals surface area contributed by atoms with E-state index in [9.17, 15) is 4.79 Å². The van der Waals surface area contributed by atoms with Crippen LogP contribution in [0.2, 0.25) is 0 Å². The molecule has 0 radical (unpaired) electrons. The zero-order chi connectivity index (χ0) is 20.1. The van der Waals surface area contributed by atoms with Gasteiger partial charge in [-0.25, -0.2) is 0 Å². The molecular weight excluding hydrogens is 368 g/mol. The van der Waals surface area contributed by atoms with Crippen LogP contribution < -0.4 is 5.32 Å². The van der Waals surface area contributed by atoms with E-state index in [1.165, 1.54) is 11.1 Å². The van der Waals surface area contributed by atoms with E-state index in [1.807, 2.05) is 42.7 Å². The van der Waals surface area contributed by atoms with Crippen molar-refractivity contribution in [1.29, 1.82) is 0 Å². The number of rotatable bonds is 7. The van der Waals surface area contributed by atoms with Crippen molar-refractivity contribution in [3.8, 4) is 11.4 Å². The molecule has 2 aromatic carbocycles. The van der Waals surface area contributed by atoms with Gasteiger partial charge in [0.1, 0.15) is 0 Å². The molecule has 1 atom stereocenters. The first-order valence-corrected chi connectivity index (χ1v) is 9.99. The zero-order valence-electron chi connectivity index (χ0n) is 16.5. The smallest absolute Gasteiger partial charge is 0.222 e. The third-order valence-electron chi connectivity index (χ3n) is 4.90. The SMILES string of the molecule is CCc1ccc(C(C)NC(=O)CCn2c(-c3ccc(C)cc3)n[nH]c2=S)cc1. The monoisotopic (exact) mass is 394 g/mol. The third-order valence-corrected chi connectivity index (χ3v) is 5.21. The van der Waals surface area contributed by atoms with Crippen LogP contribution >= 0.6 is 12.2 Å². The van der Waals surface area contributed by atoms with Crippen LogP contribution in [0.25, 0.3) is 11.4 Å².